The summed E-state index contributed by atoms with van der Waals surface area (Å²) in [4.78, 5) is 30.8. The van der Waals surface area contributed by atoms with Gasteiger partial charge < -0.3 is 15.7 Å². The number of hydrogen-bond donors (Lipinski definition) is 3. The van der Waals surface area contributed by atoms with Crippen molar-refractivity contribution in [3.05, 3.63) is 90.0 Å². The van der Waals surface area contributed by atoms with Crippen LogP contribution in [0.15, 0.2) is 73.2 Å². The molecule has 0 bridgehead atoms. The van der Waals surface area contributed by atoms with Gasteiger partial charge in [-0.15, -0.1) is 0 Å². The molecule has 3 heterocycles. The van der Waals surface area contributed by atoms with Crippen LogP contribution in [0.4, 0.5) is 17.5 Å². The summed E-state index contributed by atoms with van der Waals surface area (Å²) in [5.74, 6) is 7.91. The smallest absolute Gasteiger partial charge is 0.229 e. The summed E-state index contributed by atoms with van der Waals surface area (Å²) >= 11 is 0. The highest BCUT2D eigenvalue weighted by Crippen LogP contribution is 2.29. The summed E-state index contributed by atoms with van der Waals surface area (Å²) in [5, 5.41) is 16.8. The summed E-state index contributed by atoms with van der Waals surface area (Å²) in [7, 11) is 0. The number of aromatic nitrogens is 4. The molecule has 3 aromatic heterocycles. The van der Waals surface area contributed by atoms with E-state index in [1.807, 2.05) is 42.5 Å². The lowest BCUT2D eigenvalue weighted by atomic mass is 9.93. The van der Waals surface area contributed by atoms with E-state index in [2.05, 4.69) is 51.3 Å². The summed E-state index contributed by atoms with van der Waals surface area (Å²) in [5.41, 5.74) is 4.52. The monoisotopic (exact) mass is 574 g/mol. The Kier molecular flexibility index (Phi) is 10.1. The van der Waals surface area contributed by atoms with Gasteiger partial charge in [-0.3, -0.25) is 9.78 Å². The number of nitrogens with zero attached hydrogens (tertiary/aromatic N) is 4. The van der Waals surface area contributed by atoms with E-state index in [1.165, 1.54) is 0 Å². The predicted molar refractivity (Wildman–Crippen MR) is 170 cm³/mol. The molecule has 1 fully saturated rings. The number of carbonyl (C=O) groups is 1. The molecule has 8 heteroatoms. The van der Waals surface area contributed by atoms with E-state index in [-0.39, 0.29) is 17.9 Å². The molecule has 8 nitrogen and oxygen atoms in total. The number of benzene rings is 1. The summed E-state index contributed by atoms with van der Waals surface area (Å²) < 4.78 is 0. The van der Waals surface area contributed by atoms with Gasteiger partial charge in [0.15, 0.2) is 5.78 Å². The number of ketones is 1. The number of rotatable bonds is 10. The minimum absolute atomic E-state index is 0.132. The van der Waals surface area contributed by atoms with Gasteiger partial charge in [0.1, 0.15) is 11.5 Å². The molecule has 0 radical (unpaired) electrons. The van der Waals surface area contributed by atoms with Crippen molar-refractivity contribution in [2.75, 3.05) is 10.6 Å². The first-order chi connectivity index (χ1) is 21.0. The lowest BCUT2D eigenvalue weighted by Crippen LogP contribution is -2.29. The number of carbonyl (C=O) groups excluding carboxylic acids is 1. The first-order valence-electron chi connectivity index (χ1n) is 15.1. The molecule has 1 aliphatic carbocycles. The second-order valence-corrected chi connectivity index (χ2v) is 11.2. The van der Waals surface area contributed by atoms with E-state index in [0.29, 0.717) is 35.4 Å². The summed E-state index contributed by atoms with van der Waals surface area (Å²) in [6, 6.07) is 17.2. The van der Waals surface area contributed by atoms with E-state index >= 15 is 0 Å². The highest BCUT2D eigenvalue weighted by molar-refractivity contribution is 5.96. The van der Waals surface area contributed by atoms with Crippen LogP contribution in [-0.4, -0.2) is 43.0 Å². The zero-order valence-electron chi connectivity index (χ0n) is 24.8. The van der Waals surface area contributed by atoms with Crippen molar-refractivity contribution in [2.45, 2.75) is 70.9 Å². The molecular formula is C35H38N6O2. The van der Waals surface area contributed by atoms with Gasteiger partial charge in [-0.05, 0) is 86.1 Å². The SMILES string of the molecule is CCC[C@H](C)CC(=O)c1ccnc(C#Cc2ccc(Nc3ncc(-c4ccccn4)c(NC4CCC(O)CC4)n3)cc2)c1. The average Bonchev–Trinajstić information content (AvgIpc) is 3.03. The Morgan fingerprint density at radius 3 is 2.56 bits per heavy atom. The van der Waals surface area contributed by atoms with Gasteiger partial charge in [0.25, 0.3) is 0 Å². The van der Waals surface area contributed by atoms with E-state index in [9.17, 15) is 9.90 Å². The molecule has 4 aromatic rings. The minimum Gasteiger partial charge on any atom is -0.393 e. The van der Waals surface area contributed by atoms with Crippen LogP contribution in [0.5, 0.6) is 0 Å². The molecule has 1 atom stereocenters. The van der Waals surface area contributed by atoms with Crippen molar-refractivity contribution >= 4 is 23.2 Å². The molecule has 1 aromatic carbocycles. The van der Waals surface area contributed by atoms with Crippen molar-refractivity contribution in [2.24, 2.45) is 5.92 Å². The van der Waals surface area contributed by atoms with Gasteiger partial charge >= 0.3 is 0 Å². The maximum atomic E-state index is 12.7. The van der Waals surface area contributed by atoms with Gasteiger partial charge in [-0.25, -0.2) is 9.97 Å². The molecule has 1 saturated carbocycles. The van der Waals surface area contributed by atoms with Crippen LogP contribution in [-0.2, 0) is 0 Å². The molecule has 5 rings (SSSR count). The zero-order chi connectivity index (χ0) is 30.0. The first-order valence-corrected chi connectivity index (χ1v) is 15.1. The van der Waals surface area contributed by atoms with Gasteiger partial charge in [0.2, 0.25) is 5.95 Å². The summed E-state index contributed by atoms with van der Waals surface area (Å²) in [6.07, 6.45) is 10.9. The lowest BCUT2D eigenvalue weighted by Gasteiger charge is -2.27. The van der Waals surface area contributed by atoms with Gasteiger partial charge in [-0.1, -0.05) is 38.7 Å². The highest BCUT2D eigenvalue weighted by atomic mass is 16.3. The van der Waals surface area contributed by atoms with Crippen molar-refractivity contribution < 1.29 is 9.90 Å². The number of nitrogens with one attached hydrogen (secondary N) is 2. The highest BCUT2D eigenvalue weighted by Gasteiger charge is 2.21. The third-order valence-electron chi connectivity index (χ3n) is 7.64. The molecular weight excluding hydrogens is 536 g/mol. The molecule has 0 spiro atoms. The maximum absolute atomic E-state index is 12.7. The van der Waals surface area contributed by atoms with Crippen molar-refractivity contribution in [1.82, 2.24) is 19.9 Å². The fourth-order valence-corrected chi connectivity index (χ4v) is 5.28. The van der Waals surface area contributed by atoms with Gasteiger partial charge in [0.05, 0.1) is 17.4 Å². The Morgan fingerprint density at radius 1 is 1.00 bits per heavy atom. The minimum atomic E-state index is -0.224. The van der Waals surface area contributed by atoms with Crippen LogP contribution in [0, 0.1) is 17.8 Å². The Hall–Kier alpha value is -4.61. The topological polar surface area (TPSA) is 113 Å². The van der Waals surface area contributed by atoms with Crippen LogP contribution >= 0.6 is 0 Å². The van der Waals surface area contributed by atoms with Crippen molar-refractivity contribution in [3.63, 3.8) is 0 Å². The van der Waals surface area contributed by atoms with E-state index in [1.54, 1.807) is 30.7 Å². The molecule has 0 amide bonds. The second-order valence-electron chi connectivity index (χ2n) is 11.2. The number of pyridine rings is 2. The van der Waals surface area contributed by atoms with Crippen LogP contribution < -0.4 is 10.6 Å². The molecule has 3 N–H and O–H groups in total. The lowest BCUT2D eigenvalue weighted by molar-refractivity contribution is 0.0962. The third kappa shape index (κ3) is 8.46. The summed E-state index contributed by atoms with van der Waals surface area (Å²) in [6.45, 7) is 4.25. The largest absolute Gasteiger partial charge is 0.393 e. The molecule has 0 saturated heterocycles. The maximum Gasteiger partial charge on any atom is 0.229 e. The van der Waals surface area contributed by atoms with Gasteiger partial charge in [-0.2, -0.15) is 4.98 Å². The Morgan fingerprint density at radius 2 is 1.81 bits per heavy atom. The van der Waals surface area contributed by atoms with Crippen LogP contribution in [0.3, 0.4) is 0 Å². The number of aliphatic hydroxyl groups excluding tert-OH is 1. The molecule has 1 aliphatic rings. The van der Waals surface area contributed by atoms with Crippen LogP contribution in [0.2, 0.25) is 0 Å². The quantitative estimate of drug-likeness (QED) is 0.140. The second kappa shape index (κ2) is 14.5. The standard InChI is InChI=1S/C35H38N6O2/c1-3-6-24(2)21-33(43)26-18-20-36-29(22-26)13-10-25-8-11-28(12-9-25)40-35-38-23-31(32-7-4-5-19-37-32)34(41-35)39-27-14-16-30(42)17-15-27/h4-5,7-9,11-12,18-20,22-24,27,30,42H,3,6,14-17,21H2,1-2H3,(H2,38,39,40,41)/t24-,27?,30?/m0/s1. The predicted octanol–water partition coefficient (Wildman–Crippen LogP) is 6.80. The van der Waals surface area contributed by atoms with Crippen molar-refractivity contribution in [3.8, 4) is 23.1 Å². The van der Waals surface area contributed by atoms with E-state index in [4.69, 9.17) is 4.98 Å². The van der Waals surface area contributed by atoms with E-state index in [0.717, 1.165) is 61.0 Å². The Labute approximate surface area is 253 Å². The van der Waals surface area contributed by atoms with Crippen LogP contribution in [0.1, 0.15) is 80.4 Å². The molecule has 0 aliphatic heterocycles. The zero-order valence-corrected chi connectivity index (χ0v) is 24.8. The molecule has 220 valence electrons. The average molecular weight is 575 g/mol. The van der Waals surface area contributed by atoms with Crippen LogP contribution in [0.25, 0.3) is 11.3 Å². The number of aliphatic hydroxyl groups is 1. The number of Topliss-reactive ketones (excluding diaryl/α,β-unsaturated/α-hetero) is 1. The first kappa shape index (κ1) is 29.9. The Bertz CT molecular complexity index is 1570. The fourth-order valence-electron chi connectivity index (χ4n) is 5.28. The molecule has 0 unspecified atom stereocenters. The molecule has 43 heavy (non-hydrogen) atoms. The Balaban J connectivity index is 1.27. The fraction of sp³-hybridized carbons (Fsp3) is 0.343. The van der Waals surface area contributed by atoms with Gasteiger partial charge in [0, 0.05) is 47.9 Å². The third-order valence-corrected chi connectivity index (χ3v) is 7.64. The van der Waals surface area contributed by atoms with E-state index < -0.39 is 0 Å². The normalized spacial score (nSPS) is 16.9. The number of hydrogen-bond acceptors (Lipinski definition) is 8. The number of anilines is 3. The van der Waals surface area contributed by atoms with Crippen molar-refractivity contribution in [1.29, 1.82) is 0 Å².